The Labute approximate surface area is 148 Å². The molecule has 0 aliphatic carbocycles. The molecule has 2 aliphatic heterocycles. The van der Waals surface area contributed by atoms with Crippen molar-refractivity contribution in [3.63, 3.8) is 0 Å². The summed E-state index contributed by atoms with van der Waals surface area (Å²) >= 11 is 1.55. The predicted molar refractivity (Wildman–Crippen MR) is 98.2 cm³/mol. The van der Waals surface area contributed by atoms with Gasteiger partial charge in [0.05, 0.1) is 17.1 Å². The Morgan fingerprint density at radius 1 is 1.17 bits per heavy atom. The lowest BCUT2D eigenvalue weighted by Gasteiger charge is -2.35. The average Bonchev–Trinajstić information content (AvgIpc) is 2.85. The van der Waals surface area contributed by atoms with E-state index in [1.165, 1.54) is 6.42 Å². The van der Waals surface area contributed by atoms with Crippen LogP contribution in [0.2, 0.25) is 0 Å². The molecule has 3 atom stereocenters. The van der Waals surface area contributed by atoms with Crippen LogP contribution in [0.3, 0.4) is 0 Å². The molecule has 6 heteroatoms. The number of likely N-dealkylation sites (tertiary alicyclic amines) is 1. The molecule has 2 saturated heterocycles. The number of hydrogen-bond donors (Lipinski definition) is 0. The van der Waals surface area contributed by atoms with E-state index < -0.39 is 9.84 Å². The van der Waals surface area contributed by atoms with Gasteiger partial charge in [-0.25, -0.2) is 8.42 Å². The predicted octanol–water partition coefficient (Wildman–Crippen LogP) is 3.08. The highest BCUT2D eigenvalue weighted by Gasteiger charge is 2.31. The summed E-state index contributed by atoms with van der Waals surface area (Å²) in [7, 11) is -2.90. The molecule has 0 unspecified atom stereocenters. The van der Waals surface area contributed by atoms with Crippen molar-refractivity contribution in [1.29, 1.82) is 0 Å². The number of carbonyl (C=O) groups excluding carboxylic acids is 1. The Morgan fingerprint density at radius 3 is 2.46 bits per heavy atom. The van der Waals surface area contributed by atoms with Crippen LogP contribution in [0.15, 0.2) is 29.2 Å². The first kappa shape index (κ1) is 17.8. The molecule has 1 aromatic rings. The zero-order valence-electron chi connectivity index (χ0n) is 14.3. The highest BCUT2D eigenvalue weighted by molar-refractivity contribution is 8.02. The van der Waals surface area contributed by atoms with E-state index in [9.17, 15) is 13.2 Å². The quantitative estimate of drug-likeness (QED) is 0.824. The number of hydrogen-bond acceptors (Lipinski definition) is 4. The minimum atomic E-state index is -2.90. The van der Waals surface area contributed by atoms with E-state index in [0.29, 0.717) is 23.8 Å². The van der Waals surface area contributed by atoms with Crippen molar-refractivity contribution in [3.05, 3.63) is 29.8 Å². The van der Waals surface area contributed by atoms with Crippen LogP contribution in [-0.2, 0) is 9.84 Å². The van der Waals surface area contributed by atoms with Crippen molar-refractivity contribution in [2.75, 3.05) is 24.6 Å². The Balaban J connectivity index is 1.77. The third kappa shape index (κ3) is 4.14. The Bertz CT molecular complexity index is 707. The fourth-order valence-corrected chi connectivity index (χ4v) is 7.40. The van der Waals surface area contributed by atoms with Crippen LogP contribution >= 0.6 is 11.8 Å². The standard InChI is InChI=1S/C18H25NO3S2/c1-13-9-14(2)11-19(10-13)18(20)16-5-3-4-6-17(16)23-15-7-8-24(21,22)12-15/h3-6,13-15H,7-12H2,1-2H3/t13-,14+,15-/m1/s1. The second kappa shape index (κ2) is 7.08. The molecule has 0 bridgehead atoms. The van der Waals surface area contributed by atoms with Crippen LogP contribution in [0.25, 0.3) is 0 Å². The molecular formula is C18H25NO3S2. The van der Waals surface area contributed by atoms with E-state index in [1.54, 1.807) is 11.8 Å². The number of nitrogens with zero attached hydrogens (tertiary/aromatic N) is 1. The van der Waals surface area contributed by atoms with Gasteiger partial charge in [0.25, 0.3) is 5.91 Å². The van der Waals surface area contributed by atoms with Crippen LogP contribution in [-0.4, -0.2) is 49.1 Å². The molecular weight excluding hydrogens is 342 g/mol. The van der Waals surface area contributed by atoms with E-state index in [1.807, 2.05) is 29.2 Å². The number of thioether (sulfide) groups is 1. The maximum Gasteiger partial charge on any atom is 0.255 e. The number of piperidine rings is 1. The van der Waals surface area contributed by atoms with E-state index in [4.69, 9.17) is 0 Å². The molecule has 2 aliphatic rings. The summed E-state index contributed by atoms with van der Waals surface area (Å²) in [4.78, 5) is 15.9. The van der Waals surface area contributed by atoms with Crippen molar-refractivity contribution >= 4 is 27.5 Å². The number of benzene rings is 1. The van der Waals surface area contributed by atoms with Gasteiger partial charge in [0.2, 0.25) is 0 Å². The molecule has 4 nitrogen and oxygen atoms in total. The molecule has 0 saturated carbocycles. The maximum atomic E-state index is 13.0. The lowest BCUT2D eigenvalue weighted by Crippen LogP contribution is -2.42. The first-order chi connectivity index (χ1) is 11.3. The van der Waals surface area contributed by atoms with Gasteiger partial charge in [-0.05, 0) is 36.8 Å². The Kier molecular flexibility index (Phi) is 5.25. The van der Waals surface area contributed by atoms with Gasteiger partial charge in [-0.2, -0.15) is 0 Å². The lowest BCUT2D eigenvalue weighted by atomic mass is 9.91. The first-order valence-electron chi connectivity index (χ1n) is 8.59. The molecule has 24 heavy (non-hydrogen) atoms. The molecule has 0 radical (unpaired) electrons. The van der Waals surface area contributed by atoms with Crippen LogP contribution in [0.1, 0.15) is 37.0 Å². The van der Waals surface area contributed by atoms with Crippen LogP contribution in [0.4, 0.5) is 0 Å². The fourth-order valence-electron chi connectivity index (χ4n) is 3.78. The van der Waals surface area contributed by atoms with Gasteiger partial charge in [-0.3, -0.25) is 4.79 Å². The van der Waals surface area contributed by atoms with Gasteiger partial charge >= 0.3 is 0 Å². The second-order valence-corrected chi connectivity index (χ2v) is 10.9. The van der Waals surface area contributed by atoms with Crippen LogP contribution in [0, 0.1) is 11.8 Å². The maximum absolute atomic E-state index is 13.0. The molecule has 132 valence electrons. The fraction of sp³-hybridized carbons (Fsp3) is 0.611. The Morgan fingerprint density at radius 2 is 1.83 bits per heavy atom. The van der Waals surface area contributed by atoms with Crippen molar-refractivity contribution < 1.29 is 13.2 Å². The molecule has 1 amide bonds. The summed E-state index contributed by atoms with van der Waals surface area (Å²) in [6.45, 7) is 6.00. The highest BCUT2D eigenvalue weighted by atomic mass is 32.2. The zero-order valence-corrected chi connectivity index (χ0v) is 15.9. The molecule has 2 fully saturated rings. The van der Waals surface area contributed by atoms with Crippen molar-refractivity contribution in [3.8, 4) is 0 Å². The summed E-state index contributed by atoms with van der Waals surface area (Å²) < 4.78 is 23.4. The third-order valence-electron chi connectivity index (χ3n) is 4.76. The van der Waals surface area contributed by atoms with Gasteiger partial charge in [-0.1, -0.05) is 26.0 Å². The van der Waals surface area contributed by atoms with Crippen LogP contribution < -0.4 is 0 Å². The molecule has 0 N–H and O–H groups in total. The number of rotatable bonds is 3. The molecule has 0 aromatic heterocycles. The van der Waals surface area contributed by atoms with Gasteiger partial charge < -0.3 is 4.90 Å². The minimum Gasteiger partial charge on any atom is -0.338 e. The molecule has 3 rings (SSSR count). The van der Waals surface area contributed by atoms with E-state index in [2.05, 4.69) is 13.8 Å². The van der Waals surface area contributed by atoms with E-state index in [-0.39, 0.29) is 22.7 Å². The van der Waals surface area contributed by atoms with Gasteiger partial charge in [0.15, 0.2) is 9.84 Å². The second-order valence-electron chi connectivity index (χ2n) is 7.30. The van der Waals surface area contributed by atoms with Crippen molar-refractivity contribution in [2.45, 2.75) is 36.8 Å². The van der Waals surface area contributed by atoms with E-state index in [0.717, 1.165) is 18.0 Å². The monoisotopic (exact) mass is 367 g/mol. The normalized spacial score (nSPS) is 29.6. The van der Waals surface area contributed by atoms with E-state index >= 15 is 0 Å². The summed E-state index contributed by atoms with van der Waals surface area (Å²) in [5.74, 6) is 1.62. The van der Waals surface area contributed by atoms with Crippen molar-refractivity contribution in [1.82, 2.24) is 4.90 Å². The summed E-state index contributed by atoms with van der Waals surface area (Å²) in [5.41, 5.74) is 0.716. The van der Waals surface area contributed by atoms with Crippen LogP contribution in [0.5, 0.6) is 0 Å². The smallest absolute Gasteiger partial charge is 0.255 e. The zero-order chi connectivity index (χ0) is 17.3. The highest BCUT2D eigenvalue weighted by Crippen LogP contribution is 2.34. The number of amides is 1. The lowest BCUT2D eigenvalue weighted by molar-refractivity contribution is 0.0619. The molecule has 2 heterocycles. The summed E-state index contributed by atoms with van der Waals surface area (Å²) in [5, 5.41) is 0.0585. The minimum absolute atomic E-state index is 0.0585. The average molecular weight is 368 g/mol. The largest absolute Gasteiger partial charge is 0.338 e. The summed E-state index contributed by atoms with van der Waals surface area (Å²) in [6.07, 6.45) is 1.84. The first-order valence-corrected chi connectivity index (χ1v) is 11.3. The van der Waals surface area contributed by atoms with Gasteiger partial charge in [0.1, 0.15) is 0 Å². The molecule has 1 aromatic carbocycles. The number of carbonyl (C=O) groups is 1. The summed E-state index contributed by atoms with van der Waals surface area (Å²) in [6, 6.07) is 7.63. The van der Waals surface area contributed by atoms with Gasteiger partial charge in [0, 0.05) is 23.2 Å². The Hall–Kier alpha value is -1.01. The number of sulfone groups is 1. The molecule has 0 spiro atoms. The SMILES string of the molecule is C[C@@H]1C[C@H](C)CN(C(=O)c2ccccc2S[C@@H]2CCS(=O)(=O)C2)C1. The topological polar surface area (TPSA) is 54.5 Å². The van der Waals surface area contributed by atoms with Gasteiger partial charge in [-0.15, -0.1) is 11.8 Å². The third-order valence-corrected chi connectivity index (χ3v) is 8.08. The van der Waals surface area contributed by atoms with Crippen molar-refractivity contribution in [2.24, 2.45) is 11.8 Å².